The monoisotopic (exact) mass is 478 g/mol. The SMILES string of the molecule is CCCCCCCCCCCCSc1ccccc1SCCCCCCCCCCCC. The van der Waals surface area contributed by atoms with E-state index in [-0.39, 0.29) is 0 Å². The largest absolute Gasteiger partial charge is 0.125 e. The van der Waals surface area contributed by atoms with Gasteiger partial charge >= 0.3 is 0 Å². The quantitative estimate of drug-likeness (QED) is 0.107. The molecule has 0 aliphatic carbocycles. The lowest BCUT2D eigenvalue weighted by Gasteiger charge is -2.09. The molecule has 0 fully saturated rings. The first-order chi connectivity index (χ1) is 15.9. The molecule has 1 aromatic rings. The van der Waals surface area contributed by atoms with Crippen molar-refractivity contribution in [1.29, 1.82) is 0 Å². The van der Waals surface area contributed by atoms with Crippen LogP contribution in [0.3, 0.4) is 0 Å². The Kier molecular flexibility index (Phi) is 22.5. The fourth-order valence-corrected chi connectivity index (χ4v) is 6.49. The molecule has 2 heteroatoms. The predicted octanol–water partition coefficient (Wildman–Crippen LogP) is 11.7. The second kappa shape index (κ2) is 24.1. The number of benzene rings is 1. The Labute approximate surface area is 210 Å². The van der Waals surface area contributed by atoms with Crippen molar-refractivity contribution in [2.24, 2.45) is 0 Å². The van der Waals surface area contributed by atoms with Gasteiger partial charge in [-0.3, -0.25) is 0 Å². The predicted molar refractivity (Wildman–Crippen MR) is 152 cm³/mol. The average molecular weight is 479 g/mol. The van der Waals surface area contributed by atoms with E-state index in [0.717, 1.165) is 0 Å². The van der Waals surface area contributed by atoms with Crippen LogP contribution in [0.2, 0.25) is 0 Å². The van der Waals surface area contributed by atoms with Crippen molar-refractivity contribution >= 4 is 23.5 Å². The molecule has 0 spiro atoms. The van der Waals surface area contributed by atoms with Gasteiger partial charge in [0.2, 0.25) is 0 Å². The highest BCUT2D eigenvalue weighted by Gasteiger charge is 2.03. The summed E-state index contributed by atoms with van der Waals surface area (Å²) in [6, 6.07) is 9.10. The van der Waals surface area contributed by atoms with E-state index in [2.05, 4.69) is 61.6 Å². The van der Waals surface area contributed by atoms with Gasteiger partial charge in [-0.1, -0.05) is 142 Å². The van der Waals surface area contributed by atoms with Gasteiger partial charge in [-0.2, -0.15) is 0 Å². The summed E-state index contributed by atoms with van der Waals surface area (Å²) < 4.78 is 0. The third-order valence-corrected chi connectivity index (χ3v) is 8.81. The molecule has 0 nitrogen and oxygen atoms in total. The van der Waals surface area contributed by atoms with Crippen molar-refractivity contribution in [2.45, 2.75) is 152 Å². The highest BCUT2D eigenvalue weighted by Crippen LogP contribution is 2.32. The van der Waals surface area contributed by atoms with Crippen LogP contribution in [0.15, 0.2) is 34.1 Å². The summed E-state index contributed by atoms with van der Waals surface area (Å²) in [6.45, 7) is 4.60. The van der Waals surface area contributed by atoms with Gasteiger partial charge < -0.3 is 0 Å². The van der Waals surface area contributed by atoms with Gasteiger partial charge in [-0.15, -0.1) is 23.5 Å². The molecular formula is C30H54S2. The molecule has 0 aliphatic rings. The van der Waals surface area contributed by atoms with E-state index in [0.29, 0.717) is 0 Å². The summed E-state index contributed by atoms with van der Waals surface area (Å²) in [5.74, 6) is 2.57. The van der Waals surface area contributed by atoms with Crippen LogP contribution >= 0.6 is 23.5 Å². The number of unbranched alkanes of at least 4 members (excludes halogenated alkanes) is 18. The first kappa shape index (κ1) is 30.0. The zero-order valence-electron chi connectivity index (χ0n) is 21.7. The van der Waals surface area contributed by atoms with Gasteiger partial charge in [-0.05, 0) is 36.5 Å². The summed E-state index contributed by atoms with van der Waals surface area (Å²) in [5.41, 5.74) is 0. The lowest BCUT2D eigenvalue weighted by molar-refractivity contribution is 0.563. The third-order valence-electron chi connectivity index (χ3n) is 6.36. The summed E-state index contributed by atoms with van der Waals surface area (Å²) >= 11 is 4.17. The van der Waals surface area contributed by atoms with Crippen molar-refractivity contribution in [2.75, 3.05) is 11.5 Å². The molecule has 1 aromatic carbocycles. The topological polar surface area (TPSA) is 0 Å². The number of hydrogen-bond acceptors (Lipinski definition) is 2. The standard InChI is InChI=1S/C30H54S2/c1-3-5-7-9-11-13-15-17-19-23-27-31-29-25-21-22-26-30(29)32-28-24-20-18-16-14-12-10-8-6-4-2/h21-22,25-26H,3-20,23-24,27-28H2,1-2H3. The van der Waals surface area contributed by atoms with Crippen molar-refractivity contribution in [3.8, 4) is 0 Å². The van der Waals surface area contributed by atoms with Crippen molar-refractivity contribution < 1.29 is 0 Å². The normalized spacial score (nSPS) is 11.3. The lowest BCUT2D eigenvalue weighted by Crippen LogP contribution is -1.87. The van der Waals surface area contributed by atoms with Crippen LogP contribution in [-0.2, 0) is 0 Å². The third kappa shape index (κ3) is 18.4. The molecule has 0 amide bonds. The van der Waals surface area contributed by atoms with Gasteiger partial charge in [0.1, 0.15) is 0 Å². The van der Waals surface area contributed by atoms with Crippen molar-refractivity contribution in [1.82, 2.24) is 0 Å². The minimum atomic E-state index is 1.28. The van der Waals surface area contributed by atoms with Crippen molar-refractivity contribution in [3.05, 3.63) is 24.3 Å². The summed E-state index contributed by atoms with van der Waals surface area (Å²) in [6.07, 6.45) is 28.5. The molecule has 0 aromatic heterocycles. The summed E-state index contributed by atoms with van der Waals surface area (Å²) in [5, 5.41) is 0. The van der Waals surface area contributed by atoms with Crippen molar-refractivity contribution in [3.63, 3.8) is 0 Å². The van der Waals surface area contributed by atoms with Gasteiger partial charge in [-0.25, -0.2) is 0 Å². The van der Waals surface area contributed by atoms with E-state index < -0.39 is 0 Å². The van der Waals surface area contributed by atoms with Crippen LogP contribution in [0, 0.1) is 0 Å². The van der Waals surface area contributed by atoms with Crippen LogP contribution in [0.25, 0.3) is 0 Å². The average Bonchev–Trinajstić information content (AvgIpc) is 2.81. The Bertz CT molecular complexity index is 454. The van der Waals surface area contributed by atoms with Gasteiger partial charge in [0.25, 0.3) is 0 Å². The molecule has 0 saturated carbocycles. The molecule has 0 saturated heterocycles. The lowest BCUT2D eigenvalue weighted by atomic mass is 10.1. The molecule has 0 N–H and O–H groups in total. The van der Waals surface area contributed by atoms with Crippen LogP contribution in [0.5, 0.6) is 0 Å². The smallest absolute Gasteiger partial charge is 0.0208 e. The zero-order chi connectivity index (χ0) is 23.0. The number of rotatable bonds is 24. The fraction of sp³-hybridized carbons (Fsp3) is 0.800. The Hall–Kier alpha value is -0.0800. The first-order valence-corrected chi connectivity index (χ1v) is 16.2. The van der Waals surface area contributed by atoms with Gasteiger partial charge in [0, 0.05) is 9.79 Å². The van der Waals surface area contributed by atoms with Crippen LogP contribution in [0.1, 0.15) is 142 Å². The maximum atomic E-state index is 2.34. The van der Waals surface area contributed by atoms with Crippen LogP contribution in [-0.4, -0.2) is 11.5 Å². The van der Waals surface area contributed by atoms with E-state index in [1.807, 2.05) is 0 Å². The number of hydrogen-bond donors (Lipinski definition) is 0. The Morgan fingerprint density at radius 2 is 0.688 bits per heavy atom. The van der Waals surface area contributed by atoms with Crippen LogP contribution in [0.4, 0.5) is 0 Å². The molecule has 0 atom stereocenters. The first-order valence-electron chi connectivity index (χ1n) is 14.2. The summed E-state index contributed by atoms with van der Waals surface area (Å²) in [7, 11) is 0. The maximum Gasteiger partial charge on any atom is 0.0208 e. The zero-order valence-corrected chi connectivity index (χ0v) is 23.3. The molecule has 186 valence electrons. The van der Waals surface area contributed by atoms with E-state index in [4.69, 9.17) is 0 Å². The van der Waals surface area contributed by atoms with E-state index in [1.165, 1.54) is 150 Å². The Morgan fingerprint density at radius 1 is 0.406 bits per heavy atom. The molecule has 0 heterocycles. The van der Waals surface area contributed by atoms with Gasteiger partial charge in [0.05, 0.1) is 0 Å². The molecular weight excluding hydrogens is 424 g/mol. The fourth-order valence-electron chi connectivity index (χ4n) is 4.23. The van der Waals surface area contributed by atoms with E-state index in [1.54, 1.807) is 0 Å². The maximum absolute atomic E-state index is 2.34. The molecule has 0 bridgehead atoms. The van der Waals surface area contributed by atoms with E-state index in [9.17, 15) is 0 Å². The molecule has 0 unspecified atom stereocenters. The minimum Gasteiger partial charge on any atom is -0.125 e. The summed E-state index contributed by atoms with van der Waals surface area (Å²) in [4.78, 5) is 3.03. The minimum absolute atomic E-state index is 1.28. The second-order valence-corrected chi connectivity index (χ2v) is 11.8. The van der Waals surface area contributed by atoms with Gasteiger partial charge in [0.15, 0.2) is 0 Å². The Morgan fingerprint density at radius 3 is 1.00 bits per heavy atom. The highest BCUT2D eigenvalue weighted by atomic mass is 32.2. The second-order valence-electron chi connectivity index (χ2n) is 9.51. The molecule has 1 rings (SSSR count). The van der Waals surface area contributed by atoms with E-state index >= 15 is 0 Å². The molecule has 0 aliphatic heterocycles. The molecule has 0 radical (unpaired) electrons. The number of thioether (sulfide) groups is 2. The Balaban J connectivity index is 1.99. The van der Waals surface area contributed by atoms with Crippen LogP contribution < -0.4 is 0 Å². The highest BCUT2D eigenvalue weighted by molar-refractivity contribution is 8.02. The molecule has 32 heavy (non-hydrogen) atoms.